The van der Waals surface area contributed by atoms with E-state index in [0.717, 1.165) is 10.6 Å². The van der Waals surface area contributed by atoms with Crippen LogP contribution in [0.2, 0.25) is 0 Å². The molecule has 4 aromatic rings. The molecule has 0 saturated heterocycles. The van der Waals surface area contributed by atoms with Crippen molar-refractivity contribution in [1.29, 1.82) is 0 Å². The molecule has 7 heteroatoms. The largest absolute Gasteiger partial charge is 0.322 e. The van der Waals surface area contributed by atoms with E-state index >= 15 is 0 Å². The van der Waals surface area contributed by atoms with E-state index in [1.165, 1.54) is 0 Å². The molecule has 7 nitrogen and oxygen atoms in total. The predicted octanol–water partition coefficient (Wildman–Crippen LogP) is 3.93. The second kappa shape index (κ2) is 7.38. The SMILES string of the molecule is O=C(Nc1cccc(N2C(=O)c3ccccc3C2=O)c1)c1ccc(-n2cccn2)cc1. The van der Waals surface area contributed by atoms with Crippen LogP contribution >= 0.6 is 0 Å². The third-order valence-electron chi connectivity index (χ3n) is 5.05. The van der Waals surface area contributed by atoms with Crippen LogP contribution in [-0.4, -0.2) is 27.5 Å². The molecule has 0 aliphatic carbocycles. The standard InChI is InChI=1S/C24H16N4O3/c29-22(16-9-11-18(12-10-16)27-14-4-13-25-27)26-17-5-3-6-19(15-17)28-23(30)20-7-1-2-8-21(20)24(28)31/h1-15H,(H,26,29). The first-order valence-electron chi connectivity index (χ1n) is 9.61. The zero-order valence-electron chi connectivity index (χ0n) is 16.2. The van der Waals surface area contributed by atoms with Gasteiger partial charge in [0.05, 0.1) is 22.5 Å². The normalized spacial score (nSPS) is 12.7. The van der Waals surface area contributed by atoms with Crippen LogP contribution in [-0.2, 0) is 0 Å². The van der Waals surface area contributed by atoms with Crippen molar-refractivity contribution in [3.05, 3.63) is 108 Å². The van der Waals surface area contributed by atoms with Crippen LogP contribution in [0.25, 0.3) is 5.69 Å². The molecule has 0 bridgehead atoms. The molecular weight excluding hydrogens is 392 g/mol. The third-order valence-corrected chi connectivity index (χ3v) is 5.05. The van der Waals surface area contributed by atoms with Crippen LogP contribution in [0, 0.1) is 0 Å². The Hall–Kier alpha value is -4.52. The van der Waals surface area contributed by atoms with Crippen molar-refractivity contribution in [1.82, 2.24) is 9.78 Å². The molecule has 0 saturated carbocycles. The summed E-state index contributed by atoms with van der Waals surface area (Å²) in [6.07, 6.45) is 3.50. The van der Waals surface area contributed by atoms with E-state index in [4.69, 9.17) is 0 Å². The number of nitrogens with one attached hydrogen (secondary N) is 1. The van der Waals surface area contributed by atoms with Gasteiger partial charge >= 0.3 is 0 Å². The number of carbonyl (C=O) groups is 3. The lowest BCUT2D eigenvalue weighted by Crippen LogP contribution is -2.29. The van der Waals surface area contributed by atoms with Gasteiger partial charge in [-0.05, 0) is 60.7 Å². The molecule has 0 fully saturated rings. The van der Waals surface area contributed by atoms with Gasteiger partial charge in [-0.1, -0.05) is 18.2 Å². The van der Waals surface area contributed by atoms with Crippen molar-refractivity contribution in [3.8, 4) is 5.69 Å². The molecule has 1 aliphatic rings. The smallest absolute Gasteiger partial charge is 0.266 e. The highest BCUT2D eigenvalue weighted by Gasteiger charge is 2.36. The van der Waals surface area contributed by atoms with Crippen molar-refractivity contribution < 1.29 is 14.4 Å². The molecule has 0 spiro atoms. The number of fused-ring (bicyclic) bond motifs is 1. The molecule has 3 aromatic carbocycles. The second-order valence-corrected chi connectivity index (χ2v) is 6.99. The van der Waals surface area contributed by atoms with Crippen molar-refractivity contribution in [2.75, 3.05) is 10.2 Å². The Labute approximate surface area is 177 Å². The van der Waals surface area contributed by atoms with Crippen LogP contribution in [0.3, 0.4) is 0 Å². The van der Waals surface area contributed by atoms with Gasteiger partial charge in [0.25, 0.3) is 17.7 Å². The number of rotatable bonds is 4. The number of aromatic nitrogens is 2. The number of imide groups is 1. The average molecular weight is 408 g/mol. The van der Waals surface area contributed by atoms with Gasteiger partial charge in [0.15, 0.2) is 0 Å². The summed E-state index contributed by atoms with van der Waals surface area (Å²) >= 11 is 0. The van der Waals surface area contributed by atoms with Gasteiger partial charge in [0.2, 0.25) is 0 Å². The molecule has 1 aromatic heterocycles. The van der Waals surface area contributed by atoms with E-state index in [0.29, 0.717) is 28.1 Å². The monoisotopic (exact) mass is 408 g/mol. The van der Waals surface area contributed by atoms with Crippen LogP contribution in [0.4, 0.5) is 11.4 Å². The maximum absolute atomic E-state index is 12.7. The molecule has 0 unspecified atom stereocenters. The highest BCUT2D eigenvalue weighted by molar-refractivity contribution is 6.34. The maximum Gasteiger partial charge on any atom is 0.266 e. The Kier molecular flexibility index (Phi) is 4.41. The molecule has 1 aliphatic heterocycles. The van der Waals surface area contributed by atoms with Crippen molar-refractivity contribution >= 4 is 29.1 Å². The number of hydrogen-bond donors (Lipinski definition) is 1. The van der Waals surface area contributed by atoms with E-state index in [1.807, 2.05) is 12.3 Å². The van der Waals surface area contributed by atoms with Crippen LogP contribution < -0.4 is 10.2 Å². The average Bonchev–Trinajstić information content (AvgIpc) is 3.42. The molecule has 0 radical (unpaired) electrons. The van der Waals surface area contributed by atoms with Crippen molar-refractivity contribution in [3.63, 3.8) is 0 Å². The van der Waals surface area contributed by atoms with Crippen LogP contribution in [0.1, 0.15) is 31.1 Å². The lowest BCUT2D eigenvalue weighted by atomic mass is 10.1. The highest BCUT2D eigenvalue weighted by atomic mass is 16.2. The molecule has 0 atom stereocenters. The number of benzene rings is 3. The summed E-state index contributed by atoms with van der Waals surface area (Å²) in [7, 11) is 0. The molecule has 150 valence electrons. The van der Waals surface area contributed by atoms with Gasteiger partial charge in [0.1, 0.15) is 0 Å². The van der Waals surface area contributed by atoms with Gasteiger partial charge in [-0.3, -0.25) is 14.4 Å². The summed E-state index contributed by atoms with van der Waals surface area (Å²) in [5, 5.41) is 6.98. The molecular formula is C24H16N4O3. The Balaban J connectivity index is 1.36. The fourth-order valence-corrected chi connectivity index (χ4v) is 3.54. The van der Waals surface area contributed by atoms with Crippen LogP contribution in [0.15, 0.2) is 91.3 Å². The summed E-state index contributed by atoms with van der Waals surface area (Å²) in [5.74, 6) is -1.05. The zero-order valence-corrected chi connectivity index (χ0v) is 16.2. The van der Waals surface area contributed by atoms with Gasteiger partial charge in [0, 0.05) is 23.6 Å². The number of carbonyl (C=O) groups excluding carboxylic acids is 3. The molecule has 5 rings (SSSR count). The molecule has 31 heavy (non-hydrogen) atoms. The van der Waals surface area contributed by atoms with Gasteiger partial charge in [-0.2, -0.15) is 5.10 Å². The fourth-order valence-electron chi connectivity index (χ4n) is 3.54. The number of nitrogens with zero attached hydrogens (tertiary/aromatic N) is 3. The van der Waals surface area contributed by atoms with Crippen molar-refractivity contribution in [2.45, 2.75) is 0 Å². The Bertz CT molecular complexity index is 1280. The Morgan fingerprint density at radius 3 is 2.13 bits per heavy atom. The van der Waals surface area contributed by atoms with E-state index in [1.54, 1.807) is 83.7 Å². The second-order valence-electron chi connectivity index (χ2n) is 6.99. The lowest BCUT2D eigenvalue weighted by molar-refractivity contribution is 0.0925. The summed E-state index contributed by atoms with van der Waals surface area (Å²) < 4.78 is 1.70. The maximum atomic E-state index is 12.7. The number of hydrogen-bond acceptors (Lipinski definition) is 4. The lowest BCUT2D eigenvalue weighted by Gasteiger charge is -2.15. The zero-order chi connectivity index (χ0) is 21.4. The first-order chi connectivity index (χ1) is 15.1. The van der Waals surface area contributed by atoms with E-state index < -0.39 is 0 Å². The molecule has 2 heterocycles. The van der Waals surface area contributed by atoms with E-state index in [2.05, 4.69) is 10.4 Å². The number of anilines is 2. The van der Waals surface area contributed by atoms with Gasteiger partial charge in [-0.15, -0.1) is 0 Å². The van der Waals surface area contributed by atoms with E-state index in [-0.39, 0.29) is 17.7 Å². The molecule has 3 amide bonds. The first-order valence-corrected chi connectivity index (χ1v) is 9.61. The Morgan fingerprint density at radius 2 is 1.48 bits per heavy atom. The Morgan fingerprint density at radius 1 is 0.774 bits per heavy atom. The minimum Gasteiger partial charge on any atom is -0.322 e. The third kappa shape index (κ3) is 3.28. The minimum atomic E-state index is -0.377. The fraction of sp³-hybridized carbons (Fsp3) is 0. The van der Waals surface area contributed by atoms with Crippen LogP contribution in [0.5, 0.6) is 0 Å². The van der Waals surface area contributed by atoms with Gasteiger partial charge in [-0.25, -0.2) is 9.58 Å². The first kappa shape index (κ1) is 18.5. The van der Waals surface area contributed by atoms with Crippen molar-refractivity contribution in [2.24, 2.45) is 0 Å². The quantitative estimate of drug-likeness (QED) is 0.519. The molecule has 1 N–H and O–H groups in total. The van der Waals surface area contributed by atoms with Gasteiger partial charge < -0.3 is 5.32 Å². The topological polar surface area (TPSA) is 84.3 Å². The summed E-state index contributed by atoms with van der Waals surface area (Å²) in [4.78, 5) is 39.2. The predicted molar refractivity (Wildman–Crippen MR) is 116 cm³/mol. The summed E-state index contributed by atoms with van der Waals surface area (Å²) in [5.41, 5.74) is 2.95. The summed E-state index contributed by atoms with van der Waals surface area (Å²) in [6.45, 7) is 0. The summed E-state index contributed by atoms with van der Waals surface area (Å²) in [6, 6.07) is 22.2. The van der Waals surface area contributed by atoms with E-state index in [9.17, 15) is 14.4 Å². The minimum absolute atomic E-state index is 0.300. The number of amides is 3. The highest BCUT2D eigenvalue weighted by Crippen LogP contribution is 2.29.